The van der Waals surface area contributed by atoms with Crippen molar-refractivity contribution in [1.29, 1.82) is 0 Å². The molecule has 0 unspecified atom stereocenters. The molecule has 0 atom stereocenters. The fourth-order valence-corrected chi connectivity index (χ4v) is 2.01. The molecule has 7 heteroatoms. The number of nitrogens with zero attached hydrogens (tertiary/aromatic N) is 1. The second-order valence-electron chi connectivity index (χ2n) is 4.31. The SMILES string of the molecule is CC(C)NCCCOc1c(Cl)cc([N+](=O)[O-])cc1Cl. The molecule has 0 fully saturated rings. The largest absolute Gasteiger partial charge is 0.490 e. The summed E-state index contributed by atoms with van der Waals surface area (Å²) < 4.78 is 5.46. The van der Waals surface area contributed by atoms with E-state index in [2.05, 4.69) is 19.2 Å². The molecular weight excluding hydrogens is 291 g/mol. The molecule has 0 heterocycles. The molecule has 19 heavy (non-hydrogen) atoms. The molecule has 1 rings (SSSR count). The number of nitro groups is 1. The van der Waals surface area contributed by atoms with Gasteiger partial charge in [0.25, 0.3) is 5.69 Å². The fourth-order valence-electron chi connectivity index (χ4n) is 1.43. The highest BCUT2D eigenvalue weighted by molar-refractivity contribution is 6.37. The number of nitro benzene ring substituents is 1. The predicted octanol–water partition coefficient (Wildman–Crippen LogP) is 3.67. The van der Waals surface area contributed by atoms with Gasteiger partial charge in [0.1, 0.15) is 0 Å². The molecule has 0 aliphatic heterocycles. The Bertz CT molecular complexity index is 430. The number of nitrogens with one attached hydrogen (secondary N) is 1. The molecule has 0 aliphatic rings. The second kappa shape index (κ2) is 7.53. The van der Waals surface area contributed by atoms with E-state index in [1.165, 1.54) is 12.1 Å². The Balaban J connectivity index is 2.57. The summed E-state index contributed by atoms with van der Waals surface area (Å²) in [5.74, 6) is 0.290. The topological polar surface area (TPSA) is 64.4 Å². The van der Waals surface area contributed by atoms with E-state index in [-0.39, 0.29) is 15.7 Å². The van der Waals surface area contributed by atoms with Crippen molar-refractivity contribution in [3.8, 4) is 5.75 Å². The molecule has 0 bridgehead atoms. The molecule has 0 saturated carbocycles. The Morgan fingerprint density at radius 3 is 2.42 bits per heavy atom. The molecule has 106 valence electrons. The average Bonchev–Trinajstić information content (AvgIpc) is 2.30. The van der Waals surface area contributed by atoms with Crippen LogP contribution in [-0.4, -0.2) is 24.1 Å². The molecule has 1 aromatic carbocycles. The highest BCUT2D eigenvalue weighted by Crippen LogP contribution is 2.36. The van der Waals surface area contributed by atoms with Crippen molar-refractivity contribution in [2.75, 3.05) is 13.2 Å². The molecular formula is C12H16Cl2N2O3. The van der Waals surface area contributed by atoms with Crippen molar-refractivity contribution < 1.29 is 9.66 Å². The average molecular weight is 307 g/mol. The van der Waals surface area contributed by atoms with Gasteiger partial charge in [-0.05, 0) is 13.0 Å². The van der Waals surface area contributed by atoms with Crippen LogP contribution in [0, 0.1) is 10.1 Å². The lowest BCUT2D eigenvalue weighted by molar-refractivity contribution is -0.384. The van der Waals surface area contributed by atoms with Gasteiger partial charge in [-0.15, -0.1) is 0 Å². The van der Waals surface area contributed by atoms with Crippen molar-refractivity contribution >= 4 is 28.9 Å². The van der Waals surface area contributed by atoms with E-state index >= 15 is 0 Å². The first-order valence-corrected chi connectivity index (χ1v) is 6.67. The van der Waals surface area contributed by atoms with Gasteiger partial charge >= 0.3 is 0 Å². The summed E-state index contributed by atoms with van der Waals surface area (Å²) in [6, 6.07) is 2.89. The lowest BCUT2D eigenvalue weighted by Gasteiger charge is -2.11. The summed E-state index contributed by atoms with van der Waals surface area (Å²) in [5.41, 5.74) is -0.149. The number of halogens is 2. The van der Waals surface area contributed by atoms with Crippen LogP contribution in [0.25, 0.3) is 0 Å². The molecule has 0 spiro atoms. The number of rotatable bonds is 7. The van der Waals surface area contributed by atoms with Crippen molar-refractivity contribution in [3.05, 3.63) is 32.3 Å². The Hall–Kier alpha value is -1.04. The first-order chi connectivity index (χ1) is 8.91. The zero-order valence-electron chi connectivity index (χ0n) is 10.8. The summed E-state index contributed by atoms with van der Waals surface area (Å²) in [6.07, 6.45) is 0.793. The minimum absolute atomic E-state index is 0.149. The van der Waals surface area contributed by atoms with Gasteiger partial charge in [-0.3, -0.25) is 10.1 Å². The van der Waals surface area contributed by atoms with Crippen LogP contribution < -0.4 is 10.1 Å². The van der Waals surface area contributed by atoms with Gasteiger partial charge in [0.05, 0.1) is 21.6 Å². The van der Waals surface area contributed by atoms with Crippen LogP contribution in [-0.2, 0) is 0 Å². The predicted molar refractivity (Wildman–Crippen MR) is 76.4 cm³/mol. The minimum Gasteiger partial charge on any atom is -0.490 e. The third-order valence-electron chi connectivity index (χ3n) is 2.31. The number of non-ortho nitro benzene ring substituents is 1. The highest BCUT2D eigenvalue weighted by Gasteiger charge is 2.15. The molecule has 0 amide bonds. The Morgan fingerprint density at radius 2 is 1.95 bits per heavy atom. The molecule has 5 nitrogen and oxygen atoms in total. The van der Waals surface area contributed by atoms with Crippen LogP contribution in [0.15, 0.2) is 12.1 Å². The maximum Gasteiger partial charge on any atom is 0.272 e. The third kappa shape index (κ3) is 5.22. The summed E-state index contributed by atoms with van der Waals surface area (Å²) in [6.45, 7) is 5.38. The minimum atomic E-state index is -0.548. The van der Waals surface area contributed by atoms with Gasteiger partial charge in [0, 0.05) is 18.2 Å². The van der Waals surface area contributed by atoms with Crippen LogP contribution in [0.3, 0.4) is 0 Å². The Labute approximate surface area is 122 Å². The molecule has 0 aliphatic carbocycles. The number of benzene rings is 1. The molecule has 1 aromatic rings. The van der Waals surface area contributed by atoms with Crippen LogP contribution in [0.1, 0.15) is 20.3 Å². The molecule has 0 aromatic heterocycles. The smallest absolute Gasteiger partial charge is 0.272 e. The summed E-state index contributed by atoms with van der Waals surface area (Å²) in [7, 11) is 0. The van der Waals surface area contributed by atoms with Crippen molar-refractivity contribution in [1.82, 2.24) is 5.32 Å². The van der Waals surface area contributed by atoms with Gasteiger partial charge in [-0.25, -0.2) is 0 Å². The summed E-state index contributed by atoms with van der Waals surface area (Å²) in [5, 5.41) is 14.2. The van der Waals surface area contributed by atoms with Crippen LogP contribution in [0.4, 0.5) is 5.69 Å². The van der Waals surface area contributed by atoms with Gasteiger partial charge in [-0.2, -0.15) is 0 Å². The summed E-state index contributed by atoms with van der Waals surface area (Å²) >= 11 is 11.8. The van der Waals surface area contributed by atoms with Crippen LogP contribution >= 0.6 is 23.2 Å². The van der Waals surface area contributed by atoms with E-state index in [1.807, 2.05) is 0 Å². The lowest BCUT2D eigenvalue weighted by Crippen LogP contribution is -2.24. The van der Waals surface area contributed by atoms with E-state index in [9.17, 15) is 10.1 Å². The van der Waals surface area contributed by atoms with E-state index in [0.717, 1.165) is 13.0 Å². The zero-order chi connectivity index (χ0) is 14.4. The van der Waals surface area contributed by atoms with E-state index in [1.54, 1.807) is 0 Å². The molecule has 0 radical (unpaired) electrons. The summed E-state index contributed by atoms with van der Waals surface area (Å²) in [4.78, 5) is 10.1. The van der Waals surface area contributed by atoms with Crippen molar-refractivity contribution in [2.45, 2.75) is 26.3 Å². The van der Waals surface area contributed by atoms with Gasteiger partial charge < -0.3 is 10.1 Å². The number of hydrogen-bond donors (Lipinski definition) is 1. The molecule has 0 saturated heterocycles. The maximum absolute atomic E-state index is 10.6. The fraction of sp³-hybridized carbons (Fsp3) is 0.500. The molecule has 1 N–H and O–H groups in total. The maximum atomic E-state index is 10.6. The standard InChI is InChI=1S/C12H16Cl2N2O3/c1-8(2)15-4-3-5-19-12-10(13)6-9(16(17)18)7-11(12)14/h6-8,15H,3-5H2,1-2H3. The van der Waals surface area contributed by atoms with Gasteiger partial charge in [0.15, 0.2) is 5.75 Å². The van der Waals surface area contributed by atoms with Crippen molar-refractivity contribution in [3.63, 3.8) is 0 Å². The van der Waals surface area contributed by atoms with Crippen LogP contribution in [0.2, 0.25) is 10.0 Å². The highest BCUT2D eigenvalue weighted by atomic mass is 35.5. The van der Waals surface area contributed by atoms with E-state index in [4.69, 9.17) is 27.9 Å². The zero-order valence-corrected chi connectivity index (χ0v) is 12.3. The first-order valence-electron chi connectivity index (χ1n) is 5.91. The monoisotopic (exact) mass is 306 g/mol. The Kier molecular flexibility index (Phi) is 6.34. The number of hydrogen-bond acceptors (Lipinski definition) is 4. The second-order valence-corrected chi connectivity index (χ2v) is 5.12. The first kappa shape index (κ1) is 16.0. The quantitative estimate of drug-likeness (QED) is 0.474. The van der Waals surface area contributed by atoms with E-state index < -0.39 is 4.92 Å². The van der Waals surface area contributed by atoms with Crippen molar-refractivity contribution in [2.24, 2.45) is 0 Å². The Morgan fingerprint density at radius 1 is 1.37 bits per heavy atom. The van der Waals surface area contributed by atoms with Gasteiger partial charge in [0.2, 0.25) is 0 Å². The lowest BCUT2D eigenvalue weighted by atomic mass is 10.3. The van der Waals surface area contributed by atoms with E-state index in [0.29, 0.717) is 18.4 Å². The normalized spacial score (nSPS) is 10.8. The van der Waals surface area contributed by atoms with Crippen LogP contribution in [0.5, 0.6) is 5.75 Å². The van der Waals surface area contributed by atoms with Gasteiger partial charge in [-0.1, -0.05) is 37.0 Å². The number of ether oxygens (including phenoxy) is 1. The third-order valence-corrected chi connectivity index (χ3v) is 2.88.